The molecule has 1 aromatic heterocycles. The predicted molar refractivity (Wildman–Crippen MR) is 80.8 cm³/mol. The van der Waals surface area contributed by atoms with E-state index in [0.29, 0.717) is 12.5 Å². The number of likely N-dealkylation sites (tertiary alicyclic amines) is 1. The summed E-state index contributed by atoms with van der Waals surface area (Å²) in [4.78, 5) is 2.29. The van der Waals surface area contributed by atoms with E-state index in [9.17, 15) is 8.42 Å². The van der Waals surface area contributed by atoms with Crippen LogP contribution in [0, 0.1) is 12.8 Å². The van der Waals surface area contributed by atoms with Crippen LogP contribution in [-0.2, 0) is 21.3 Å². The molecule has 0 aliphatic carbocycles. The largest absolute Gasteiger partial charge is 0.372 e. The van der Waals surface area contributed by atoms with Gasteiger partial charge in [-0.1, -0.05) is 5.16 Å². The van der Waals surface area contributed by atoms with Crippen LogP contribution in [-0.4, -0.2) is 56.6 Å². The van der Waals surface area contributed by atoms with Gasteiger partial charge in [0.15, 0.2) is 0 Å². The predicted octanol–water partition coefficient (Wildman–Crippen LogP) is 0.513. The van der Waals surface area contributed by atoms with Crippen molar-refractivity contribution in [3.8, 4) is 0 Å². The van der Waals surface area contributed by atoms with Crippen molar-refractivity contribution < 1.29 is 17.7 Å². The van der Waals surface area contributed by atoms with Crippen LogP contribution in [0.5, 0.6) is 0 Å². The third-order valence-electron chi connectivity index (χ3n) is 4.50. The number of nitrogens with zero attached hydrogens (tertiary/aromatic N) is 2. The Labute approximate surface area is 131 Å². The normalized spacial score (nSPS) is 24.7. The lowest BCUT2D eigenvalue weighted by Crippen LogP contribution is -2.64. The lowest BCUT2D eigenvalue weighted by Gasteiger charge is -2.50. The molecule has 0 amide bonds. The molecule has 1 atom stereocenters. The highest BCUT2D eigenvalue weighted by molar-refractivity contribution is 7.88. The standard InChI is InChI=1S/C14H23N3O4S/c1-11-7-13(16-21-11)8-17-9-14(10-17)12(4-6-20-14)3-5-15-22(2,18)19/h7,12,15H,3-6,8-10H2,1-2H3/t12-/m1/s1. The Kier molecular flexibility index (Phi) is 4.28. The summed E-state index contributed by atoms with van der Waals surface area (Å²) in [5, 5.41) is 4.01. The minimum Gasteiger partial charge on any atom is -0.372 e. The van der Waals surface area contributed by atoms with Gasteiger partial charge < -0.3 is 9.26 Å². The number of ether oxygens (including phenoxy) is 1. The van der Waals surface area contributed by atoms with E-state index in [0.717, 1.165) is 50.5 Å². The second kappa shape index (κ2) is 5.92. The average molecular weight is 329 g/mol. The van der Waals surface area contributed by atoms with Crippen molar-refractivity contribution in [1.29, 1.82) is 0 Å². The topological polar surface area (TPSA) is 84.7 Å². The number of aromatic nitrogens is 1. The van der Waals surface area contributed by atoms with Crippen molar-refractivity contribution >= 4 is 10.0 Å². The molecular formula is C14H23N3O4S. The van der Waals surface area contributed by atoms with E-state index < -0.39 is 10.0 Å². The van der Waals surface area contributed by atoms with Crippen molar-refractivity contribution in [3.63, 3.8) is 0 Å². The zero-order valence-corrected chi connectivity index (χ0v) is 13.9. The van der Waals surface area contributed by atoms with Crippen molar-refractivity contribution in [1.82, 2.24) is 14.8 Å². The van der Waals surface area contributed by atoms with Gasteiger partial charge in [0.2, 0.25) is 10.0 Å². The molecule has 1 aromatic rings. The Morgan fingerprint density at radius 2 is 2.27 bits per heavy atom. The van der Waals surface area contributed by atoms with E-state index in [-0.39, 0.29) is 5.60 Å². The summed E-state index contributed by atoms with van der Waals surface area (Å²) in [6.07, 6.45) is 3.02. The van der Waals surface area contributed by atoms with Gasteiger partial charge in [-0.2, -0.15) is 0 Å². The van der Waals surface area contributed by atoms with Crippen molar-refractivity contribution in [2.75, 3.05) is 32.5 Å². The first-order valence-electron chi connectivity index (χ1n) is 7.59. The highest BCUT2D eigenvalue weighted by Crippen LogP contribution is 2.41. The minimum atomic E-state index is -3.11. The van der Waals surface area contributed by atoms with Crippen LogP contribution in [0.2, 0.25) is 0 Å². The van der Waals surface area contributed by atoms with E-state index in [1.54, 1.807) is 0 Å². The van der Waals surface area contributed by atoms with Gasteiger partial charge in [0.1, 0.15) is 5.76 Å². The van der Waals surface area contributed by atoms with Gasteiger partial charge in [-0.3, -0.25) is 4.90 Å². The van der Waals surface area contributed by atoms with E-state index in [1.807, 2.05) is 13.0 Å². The van der Waals surface area contributed by atoms with Gasteiger partial charge in [0.25, 0.3) is 0 Å². The van der Waals surface area contributed by atoms with Crippen LogP contribution in [0.4, 0.5) is 0 Å². The molecule has 3 rings (SSSR count). The molecule has 1 spiro atoms. The fourth-order valence-corrected chi connectivity index (χ4v) is 3.99. The molecule has 2 aliphatic rings. The number of hydrogen-bond donors (Lipinski definition) is 1. The highest BCUT2D eigenvalue weighted by Gasteiger charge is 2.52. The molecule has 3 heterocycles. The first-order valence-corrected chi connectivity index (χ1v) is 9.49. The number of aryl methyl sites for hydroxylation is 1. The number of nitrogens with one attached hydrogen (secondary N) is 1. The van der Waals surface area contributed by atoms with Gasteiger partial charge in [0, 0.05) is 38.9 Å². The number of rotatable bonds is 6. The van der Waals surface area contributed by atoms with Crippen LogP contribution in [0.15, 0.2) is 10.6 Å². The maximum atomic E-state index is 11.1. The summed E-state index contributed by atoms with van der Waals surface area (Å²) in [5.41, 5.74) is 0.846. The van der Waals surface area contributed by atoms with Crippen LogP contribution in [0.3, 0.4) is 0 Å². The Hall–Kier alpha value is -0.960. The van der Waals surface area contributed by atoms with Crippen LogP contribution in [0.25, 0.3) is 0 Å². The molecule has 124 valence electrons. The SMILES string of the molecule is Cc1cc(CN2CC3(C2)OCC[C@H]3CCNS(C)(=O)=O)no1. The molecule has 7 nitrogen and oxygen atoms in total. The molecule has 22 heavy (non-hydrogen) atoms. The van der Waals surface area contributed by atoms with Gasteiger partial charge in [-0.15, -0.1) is 0 Å². The summed E-state index contributed by atoms with van der Waals surface area (Å²) in [7, 11) is -3.11. The van der Waals surface area contributed by atoms with Gasteiger partial charge in [-0.25, -0.2) is 13.1 Å². The lowest BCUT2D eigenvalue weighted by atomic mass is 9.79. The summed E-state index contributed by atoms with van der Waals surface area (Å²) < 4.78 is 35.9. The molecule has 0 saturated carbocycles. The van der Waals surface area contributed by atoms with Crippen LogP contribution >= 0.6 is 0 Å². The van der Waals surface area contributed by atoms with Crippen LogP contribution < -0.4 is 4.72 Å². The fourth-order valence-electron chi connectivity index (χ4n) is 3.50. The van der Waals surface area contributed by atoms with E-state index in [2.05, 4.69) is 14.8 Å². The van der Waals surface area contributed by atoms with Gasteiger partial charge in [0.05, 0.1) is 17.6 Å². The summed E-state index contributed by atoms with van der Waals surface area (Å²) in [6.45, 7) is 5.66. The third kappa shape index (κ3) is 3.51. The Morgan fingerprint density at radius 3 is 2.91 bits per heavy atom. The van der Waals surface area contributed by atoms with Gasteiger partial charge >= 0.3 is 0 Å². The van der Waals surface area contributed by atoms with E-state index >= 15 is 0 Å². The first kappa shape index (κ1) is 15.9. The maximum absolute atomic E-state index is 11.1. The maximum Gasteiger partial charge on any atom is 0.208 e. The van der Waals surface area contributed by atoms with Crippen molar-refractivity contribution in [3.05, 3.63) is 17.5 Å². The van der Waals surface area contributed by atoms with Crippen LogP contribution in [0.1, 0.15) is 24.3 Å². The molecule has 1 N–H and O–H groups in total. The number of sulfonamides is 1. The van der Waals surface area contributed by atoms with Crippen molar-refractivity contribution in [2.45, 2.75) is 31.9 Å². The Bertz CT molecular complexity index is 622. The van der Waals surface area contributed by atoms with Gasteiger partial charge in [-0.05, 0) is 25.7 Å². The van der Waals surface area contributed by atoms with E-state index in [4.69, 9.17) is 9.26 Å². The van der Waals surface area contributed by atoms with E-state index in [1.165, 1.54) is 6.26 Å². The van der Waals surface area contributed by atoms with Crippen molar-refractivity contribution in [2.24, 2.45) is 5.92 Å². The molecule has 0 radical (unpaired) electrons. The monoisotopic (exact) mass is 329 g/mol. The quantitative estimate of drug-likeness (QED) is 0.819. The summed E-state index contributed by atoms with van der Waals surface area (Å²) in [5.74, 6) is 1.24. The molecular weight excluding hydrogens is 306 g/mol. The highest BCUT2D eigenvalue weighted by atomic mass is 32.2. The fraction of sp³-hybridized carbons (Fsp3) is 0.786. The molecule has 2 saturated heterocycles. The Morgan fingerprint density at radius 1 is 1.50 bits per heavy atom. The molecule has 0 unspecified atom stereocenters. The smallest absolute Gasteiger partial charge is 0.208 e. The zero-order chi connectivity index (χ0) is 15.8. The Balaban J connectivity index is 1.49. The minimum absolute atomic E-state index is 0.0992. The molecule has 2 fully saturated rings. The molecule has 0 aromatic carbocycles. The first-order chi connectivity index (χ1) is 10.4. The second-order valence-electron chi connectivity index (χ2n) is 6.43. The molecule has 2 aliphatic heterocycles. The molecule has 8 heteroatoms. The third-order valence-corrected chi connectivity index (χ3v) is 5.23. The zero-order valence-electron chi connectivity index (χ0n) is 13.0. The summed E-state index contributed by atoms with van der Waals surface area (Å²) >= 11 is 0. The number of hydrogen-bond acceptors (Lipinski definition) is 6. The lowest BCUT2D eigenvalue weighted by molar-refractivity contribution is -0.137. The molecule has 0 bridgehead atoms. The second-order valence-corrected chi connectivity index (χ2v) is 8.26. The summed E-state index contributed by atoms with van der Waals surface area (Å²) in [6, 6.07) is 1.95. The average Bonchev–Trinajstić information content (AvgIpc) is 2.95.